The van der Waals surface area contributed by atoms with Crippen molar-refractivity contribution in [2.45, 2.75) is 26.2 Å². The maximum absolute atomic E-state index is 15.9. The van der Waals surface area contributed by atoms with Crippen molar-refractivity contribution in [3.8, 4) is 0 Å². The molecule has 0 amide bonds. The molecular formula is C32H21BF15N. The van der Waals surface area contributed by atoms with Gasteiger partial charge >= 0.3 is 0 Å². The molecular weight excluding hydrogens is 694 g/mol. The highest BCUT2D eigenvalue weighted by Gasteiger charge is 2.48. The molecule has 0 aromatic heterocycles. The average Bonchev–Trinajstić information content (AvgIpc) is 3.08. The van der Waals surface area contributed by atoms with E-state index in [1.54, 1.807) is 6.92 Å². The molecule has 1 nitrogen and oxygen atoms in total. The van der Waals surface area contributed by atoms with E-state index in [2.05, 4.69) is 0 Å². The Kier molecular flexibility index (Phi) is 10.3. The molecule has 0 heterocycles. The minimum atomic E-state index is -5.82. The molecule has 0 spiro atoms. The lowest BCUT2D eigenvalue weighted by Crippen LogP contribution is -2.73. The average molecular weight is 715 g/mol. The van der Waals surface area contributed by atoms with Crippen LogP contribution in [0.2, 0.25) is 0 Å². The van der Waals surface area contributed by atoms with Crippen molar-refractivity contribution >= 4 is 28.2 Å². The van der Waals surface area contributed by atoms with Crippen LogP contribution in [0.25, 0.3) is 0 Å². The van der Waals surface area contributed by atoms with Gasteiger partial charge in [0, 0.05) is 6.42 Å². The van der Waals surface area contributed by atoms with E-state index in [4.69, 9.17) is 0 Å². The van der Waals surface area contributed by atoms with Gasteiger partial charge in [0.1, 0.15) is 46.7 Å². The Morgan fingerprint density at radius 3 is 1.06 bits per heavy atom. The molecule has 4 aromatic rings. The molecule has 4 rings (SSSR count). The van der Waals surface area contributed by atoms with Crippen LogP contribution in [0, 0.1) is 87.3 Å². The van der Waals surface area contributed by atoms with E-state index in [0.717, 1.165) is 0 Å². The number of para-hydroxylation sites is 1. The fourth-order valence-corrected chi connectivity index (χ4v) is 5.91. The Labute approximate surface area is 268 Å². The molecule has 4 aromatic carbocycles. The molecule has 0 fully saturated rings. The van der Waals surface area contributed by atoms with Gasteiger partial charge < -0.3 is 0 Å². The standard InChI is InChI=1S/C32H21BF15N/c1-4-5-9-14(49(2,3)13-10-7-6-8-11-13)12-33(15-18(34)24(40)30(46)25(41)19(15)35,16-20(36)26(42)31(47)27(43)21(16)37)17-22(38)28(44)32(48)29(45)23(17)39/h6-8,10-12H,4-5,9H2,1-3H3/b14-12+. The van der Waals surface area contributed by atoms with Crippen molar-refractivity contribution in [3.63, 3.8) is 0 Å². The van der Waals surface area contributed by atoms with Gasteiger partial charge in [-0.25, -0.2) is 65.9 Å². The van der Waals surface area contributed by atoms with E-state index in [1.807, 2.05) is 0 Å². The Bertz CT molecular complexity index is 1740. The number of halogens is 15. The summed E-state index contributed by atoms with van der Waals surface area (Å²) in [4.78, 5) is 0. The predicted molar refractivity (Wildman–Crippen MR) is 151 cm³/mol. The Morgan fingerprint density at radius 2 is 0.776 bits per heavy atom. The minimum Gasteiger partial charge on any atom is -0.270 e. The second-order valence-corrected chi connectivity index (χ2v) is 11.4. The highest BCUT2D eigenvalue weighted by molar-refractivity contribution is 7.15. The number of nitrogens with zero attached hydrogens (tertiary/aromatic N) is 1. The van der Waals surface area contributed by atoms with Crippen LogP contribution in [0.4, 0.5) is 71.5 Å². The summed E-state index contributed by atoms with van der Waals surface area (Å²) in [6.45, 7) is 1.55. The van der Waals surface area contributed by atoms with Gasteiger partial charge in [-0.2, -0.15) is 5.98 Å². The van der Waals surface area contributed by atoms with Crippen molar-refractivity contribution in [2.75, 3.05) is 14.1 Å². The van der Waals surface area contributed by atoms with Crippen molar-refractivity contribution in [1.82, 2.24) is 4.48 Å². The van der Waals surface area contributed by atoms with Crippen LogP contribution in [0.5, 0.6) is 0 Å². The normalized spacial score (nSPS) is 12.7. The number of benzene rings is 4. The van der Waals surface area contributed by atoms with Crippen LogP contribution >= 0.6 is 0 Å². The molecule has 0 radical (unpaired) electrons. The summed E-state index contributed by atoms with van der Waals surface area (Å²) in [5.74, 6) is -45.3. The third-order valence-corrected chi connectivity index (χ3v) is 8.45. The fraction of sp³-hybridized carbons (Fsp3) is 0.188. The van der Waals surface area contributed by atoms with Gasteiger partial charge in [-0.3, -0.25) is 4.48 Å². The molecule has 262 valence electrons. The topological polar surface area (TPSA) is 0 Å². The lowest BCUT2D eigenvalue weighted by Gasteiger charge is -2.43. The summed E-state index contributed by atoms with van der Waals surface area (Å²) < 4.78 is 227. The molecule has 49 heavy (non-hydrogen) atoms. The highest BCUT2D eigenvalue weighted by atomic mass is 19.2. The van der Waals surface area contributed by atoms with E-state index < -0.39 is 126 Å². The van der Waals surface area contributed by atoms with Crippen molar-refractivity contribution in [1.29, 1.82) is 0 Å². The SMILES string of the molecule is CCCC/C(=C\[B-](c1c(F)c(F)c(F)c(F)c1F)(c1c(F)c(F)c(F)c(F)c1F)c1c(F)c(F)c(F)c(F)c1F)[N+](C)(C)c1ccccc1. The third-order valence-electron chi connectivity index (χ3n) is 8.45. The maximum Gasteiger partial charge on any atom is 0.200 e. The molecule has 0 atom stereocenters. The summed E-state index contributed by atoms with van der Waals surface area (Å²) in [6.07, 6.45) is -6.11. The summed E-state index contributed by atoms with van der Waals surface area (Å²) in [5, 5.41) is 0. The van der Waals surface area contributed by atoms with Crippen LogP contribution in [-0.2, 0) is 0 Å². The molecule has 0 aliphatic rings. The van der Waals surface area contributed by atoms with Gasteiger partial charge in [0.25, 0.3) is 0 Å². The van der Waals surface area contributed by atoms with Gasteiger partial charge in [-0.15, -0.1) is 16.4 Å². The molecule has 0 N–H and O–H groups in total. The summed E-state index contributed by atoms with van der Waals surface area (Å²) in [7, 11) is 2.46. The molecule has 0 aliphatic carbocycles. The first kappa shape index (κ1) is 37.4. The molecule has 0 saturated carbocycles. The van der Waals surface area contributed by atoms with Crippen LogP contribution in [0.15, 0.2) is 42.0 Å². The molecule has 0 bridgehead atoms. The quantitative estimate of drug-likeness (QED) is 0.0541. The number of hydrogen-bond donors (Lipinski definition) is 0. The summed E-state index contributed by atoms with van der Waals surface area (Å²) in [5.41, 5.74) is -8.37. The zero-order chi connectivity index (χ0) is 36.9. The number of hydrogen-bond acceptors (Lipinski definition) is 0. The van der Waals surface area contributed by atoms with Crippen molar-refractivity contribution < 1.29 is 65.9 Å². The van der Waals surface area contributed by atoms with E-state index >= 15 is 26.3 Å². The zero-order valence-electron chi connectivity index (χ0n) is 25.3. The first-order chi connectivity index (χ1) is 22.8. The van der Waals surface area contributed by atoms with Gasteiger partial charge in [0.2, 0.25) is 0 Å². The highest BCUT2D eigenvalue weighted by Crippen LogP contribution is 2.33. The lowest BCUT2D eigenvalue weighted by molar-refractivity contribution is 0.379. The van der Waals surface area contributed by atoms with Crippen LogP contribution in [-0.4, -0.2) is 20.2 Å². The maximum atomic E-state index is 15.9. The Morgan fingerprint density at radius 1 is 0.490 bits per heavy atom. The summed E-state index contributed by atoms with van der Waals surface area (Å²) in [6, 6.07) is 7.06. The van der Waals surface area contributed by atoms with Gasteiger partial charge in [-0.05, 0) is 18.6 Å². The van der Waals surface area contributed by atoms with E-state index in [-0.39, 0.29) is 24.5 Å². The largest absolute Gasteiger partial charge is 0.270 e. The fourth-order valence-electron chi connectivity index (χ4n) is 5.91. The summed E-state index contributed by atoms with van der Waals surface area (Å²) >= 11 is 0. The van der Waals surface area contributed by atoms with Crippen molar-refractivity contribution in [3.05, 3.63) is 129 Å². The van der Waals surface area contributed by atoms with E-state index in [9.17, 15) is 39.5 Å². The van der Waals surface area contributed by atoms with Crippen LogP contribution in [0.1, 0.15) is 26.2 Å². The second-order valence-electron chi connectivity index (χ2n) is 11.4. The van der Waals surface area contributed by atoms with Gasteiger partial charge in [0.05, 0.1) is 19.8 Å². The number of quaternary nitrogens is 1. The van der Waals surface area contributed by atoms with E-state index in [0.29, 0.717) is 0 Å². The second kappa shape index (κ2) is 13.5. The Balaban J connectivity index is 2.54. The zero-order valence-corrected chi connectivity index (χ0v) is 25.3. The molecule has 0 unspecified atom stereocenters. The minimum absolute atomic E-state index is 0.0299. The Hall–Kier alpha value is -4.41. The van der Waals surface area contributed by atoms with Crippen molar-refractivity contribution in [2.24, 2.45) is 0 Å². The van der Waals surface area contributed by atoms with Crippen LogP contribution in [0.3, 0.4) is 0 Å². The lowest BCUT2D eigenvalue weighted by atomic mass is 9.15. The van der Waals surface area contributed by atoms with Crippen LogP contribution < -0.4 is 20.9 Å². The number of unbranched alkanes of at least 4 members (excludes halogenated alkanes) is 1. The smallest absolute Gasteiger partial charge is 0.200 e. The molecule has 0 saturated heterocycles. The first-order valence-electron chi connectivity index (χ1n) is 14.1. The van der Waals surface area contributed by atoms with E-state index in [1.165, 1.54) is 44.4 Å². The van der Waals surface area contributed by atoms with Gasteiger partial charge in [0.15, 0.2) is 52.4 Å². The monoisotopic (exact) mass is 715 g/mol. The molecule has 0 aliphatic heterocycles. The first-order valence-corrected chi connectivity index (χ1v) is 14.1. The third kappa shape index (κ3) is 5.74. The predicted octanol–water partition coefficient (Wildman–Crippen LogP) is 8.12. The molecule has 17 heteroatoms. The van der Waals surface area contributed by atoms with Gasteiger partial charge in [-0.1, -0.05) is 31.5 Å². The number of rotatable bonds is 9. The number of allylic oxidation sites excluding steroid dienone is 1.